The minimum absolute atomic E-state index is 0.153. The average Bonchev–Trinajstić information content (AvgIpc) is 3.02. The molecule has 1 unspecified atom stereocenters. The molecular weight excluding hydrogens is 360 g/mol. The quantitative estimate of drug-likeness (QED) is 0.597. The molecule has 29 heavy (non-hydrogen) atoms. The molecule has 5 nitrogen and oxygen atoms in total. The van der Waals surface area contributed by atoms with E-state index in [4.69, 9.17) is 10.5 Å². The zero-order valence-electron chi connectivity index (χ0n) is 17.1. The smallest absolute Gasteiger partial charge is 0.189 e. The van der Waals surface area contributed by atoms with Crippen LogP contribution < -0.4 is 15.8 Å². The van der Waals surface area contributed by atoms with E-state index in [1.54, 1.807) is 0 Å². The summed E-state index contributed by atoms with van der Waals surface area (Å²) in [5, 5.41) is 3.36. The molecule has 0 aliphatic carbocycles. The fraction of sp³-hybridized carbons (Fsp3) is 0.458. The normalized spacial score (nSPS) is 20.4. The Morgan fingerprint density at radius 1 is 1.00 bits per heavy atom. The number of para-hydroxylation sites is 1. The first-order valence-electron chi connectivity index (χ1n) is 10.9. The highest BCUT2D eigenvalue weighted by atomic mass is 16.5. The number of nitrogens with two attached hydrogens (primary N) is 1. The summed E-state index contributed by atoms with van der Waals surface area (Å²) in [6, 6.07) is 17.1. The Balaban J connectivity index is 1.31. The van der Waals surface area contributed by atoms with Gasteiger partial charge >= 0.3 is 0 Å². The number of aliphatic imine (C=N–C) groups is 1. The number of benzene rings is 2. The number of nitrogens with zero attached hydrogens (tertiary/aromatic N) is 2. The van der Waals surface area contributed by atoms with Gasteiger partial charge in [-0.25, -0.2) is 4.99 Å². The molecule has 2 aromatic carbocycles. The standard InChI is InChI=1S/C24H32N4O/c25-24(27-22-13-16-29-23-8-4-3-7-21(22)23)26-17-19-9-11-20(12-10-19)18-28-14-5-1-2-6-15-28/h3-4,7-12,22H,1-2,5-6,13-18H2,(H3,25,26,27). The molecule has 2 aliphatic rings. The van der Waals surface area contributed by atoms with E-state index in [9.17, 15) is 0 Å². The molecule has 0 aromatic heterocycles. The van der Waals surface area contributed by atoms with Crippen molar-refractivity contribution in [2.75, 3.05) is 19.7 Å². The van der Waals surface area contributed by atoms with Crippen LogP contribution >= 0.6 is 0 Å². The zero-order valence-corrected chi connectivity index (χ0v) is 17.1. The van der Waals surface area contributed by atoms with Gasteiger partial charge in [0.05, 0.1) is 19.2 Å². The van der Waals surface area contributed by atoms with E-state index < -0.39 is 0 Å². The zero-order chi connectivity index (χ0) is 19.9. The number of nitrogens with one attached hydrogen (secondary N) is 1. The first kappa shape index (κ1) is 19.8. The molecule has 0 radical (unpaired) electrons. The number of hydrogen-bond acceptors (Lipinski definition) is 3. The lowest BCUT2D eigenvalue weighted by atomic mass is 10.0. The van der Waals surface area contributed by atoms with Gasteiger partial charge in [-0.3, -0.25) is 4.90 Å². The highest BCUT2D eigenvalue weighted by molar-refractivity contribution is 5.78. The van der Waals surface area contributed by atoms with Crippen LogP contribution in [0.1, 0.15) is 54.8 Å². The van der Waals surface area contributed by atoms with Gasteiger partial charge in [0.1, 0.15) is 5.75 Å². The lowest BCUT2D eigenvalue weighted by Crippen LogP contribution is -2.37. The van der Waals surface area contributed by atoms with Gasteiger partial charge in [0, 0.05) is 18.5 Å². The van der Waals surface area contributed by atoms with Crippen molar-refractivity contribution in [3.8, 4) is 5.75 Å². The minimum atomic E-state index is 0.153. The van der Waals surface area contributed by atoms with Crippen LogP contribution in [0.15, 0.2) is 53.5 Å². The van der Waals surface area contributed by atoms with Crippen LogP contribution in [0, 0.1) is 0 Å². The van der Waals surface area contributed by atoms with Crippen LogP contribution in [0.2, 0.25) is 0 Å². The summed E-state index contributed by atoms with van der Waals surface area (Å²) in [4.78, 5) is 7.13. The van der Waals surface area contributed by atoms with Crippen LogP contribution in [0.4, 0.5) is 0 Å². The Morgan fingerprint density at radius 3 is 2.52 bits per heavy atom. The Bertz CT molecular complexity index is 810. The summed E-state index contributed by atoms with van der Waals surface area (Å²) >= 11 is 0. The number of ether oxygens (including phenoxy) is 1. The molecule has 1 saturated heterocycles. The molecule has 0 amide bonds. The van der Waals surface area contributed by atoms with E-state index in [-0.39, 0.29) is 6.04 Å². The SMILES string of the molecule is NC(=NCc1ccc(CN2CCCCCC2)cc1)NC1CCOc2ccccc21. The Labute approximate surface area is 174 Å². The van der Waals surface area contributed by atoms with Gasteiger partial charge in [-0.15, -0.1) is 0 Å². The number of rotatable bonds is 5. The fourth-order valence-corrected chi connectivity index (χ4v) is 4.20. The largest absolute Gasteiger partial charge is 0.493 e. The van der Waals surface area contributed by atoms with E-state index >= 15 is 0 Å². The molecule has 0 spiro atoms. The summed E-state index contributed by atoms with van der Waals surface area (Å²) in [5.41, 5.74) is 9.88. The molecule has 0 bridgehead atoms. The number of likely N-dealkylation sites (tertiary alicyclic amines) is 1. The highest BCUT2D eigenvalue weighted by Gasteiger charge is 2.21. The van der Waals surface area contributed by atoms with Crippen LogP contribution in [0.3, 0.4) is 0 Å². The van der Waals surface area contributed by atoms with Gasteiger partial charge < -0.3 is 15.8 Å². The first-order valence-corrected chi connectivity index (χ1v) is 10.9. The maximum atomic E-state index is 6.17. The molecule has 2 heterocycles. The average molecular weight is 393 g/mol. The van der Waals surface area contributed by atoms with Crippen molar-refractivity contribution in [1.29, 1.82) is 0 Å². The van der Waals surface area contributed by atoms with Crippen molar-refractivity contribution in [2.24, 2.45) is 10.7 Å². The van der Waals surface area contributed by atoms with Crippen molar-refractivity contribution in [3.63, 3.8) is 0 Å². The molecule has 4 rings (SSSR count). The Kier molecular flexibility index (Phi) is 6.67. The Hall–Kier alpha value is -2.53. The van der Waals surface area contributed by atoms with Crippen molar-refractivity contribution in [2.45, 2.75) is 51.2 Å². The number of fused-ring (bicyclic) bond motifs is 1. The summed E-state index contributed by atoms with van der Waals surface area (Å²) < 4.78 is 5.71. The third-order valence-corrected chi connectivity index (χ3v) is 5.84. The van der Waals surface area contributed by atoms with Gasteiger partial charge in [0.2, 0.25) is 0 Å². The van der Waals surface area contributed by atoms with Gasteiger partial charge in [0.25, 0.3) is 0 Å². The molecule has 1 fully saturated rings. The molecule has 1 atom stereocenters. The first-order chi connectivity index (χ1) is 14.3. The van der Waals surface area contributed by atoms with Gasteiger partial charge in [-0.05, 0) is 43.1 Å². The van der Waals surface area contributed by atoms with Crippen molar-refractivity contribution in [3.05, 3.63) is 65.2 Å². The fourth-order valence-electron chi connectivity index (χ4n) is 4.20. The van der Waals surface area contributed by atoms with Crippen molar-refractivity contribution in [1.82, 2.24) is 10.2 Å². The molecule has 2 aromatic rings. The maximum Gasteiger partial charge on any atom is 0.189 e. The van der Waals surface area contributed by atoms with E-state index in [0.717, 1.165) is 24.3 Å². The second-order valence-corrected chi connectivity index (χ2v) is 8.08. The van der Waals surface area contributed by atoms with Crippen LogP contribution in [0.25, 0.3) is 0 Å². The maximum absolute atomic E-state index is 6.17. The third-order valence-electron chi connectivity index (χ3n) is 5.84. The van der Waals surface area contributed by atoms with E-state index in [1.807, 2.05) is 18.2 Å². The lowest BCUT2D eigenvalue weighted by molar-refractivity contribution is 0.262. The van der Waals surface area contributed by atoms with E-state index in [0.29, 0.717) is 19.1 Å². The predicted molar refractivity (Wildman–Crippen MR) is 118 cm³/mol. The molecule has 154 valence electrons. The predicted octanol–water partition coefficient (Wildman–Crippen LogP) is 3.99. The number of guanidine groups is 1. The van der Waals surface area contributed by atoms with Crippen molar-refractivity contribution < 1.29 is 4.74 Å². The monoisotopic (exact) mass is 392 g/mol. The minimum Gasteiger partial charge on any atom is -0.493 e. The molecule has 0 saturated carbocycles. The lowest BCUT2D eigenvalue weighted by Gasteiger charge is -2.26. The van der Waals surface area contributed by atoms with Gasteiger partial charge in [-0.2, -0.15) is 0 Å². The highest BCUT2D eigenvalue weighted by Crippen LogP contribution is 2.31. The topological polar surface area (TPSA) is 62.9 Å². The Morgan fingerprint density at radius 2 is 1.72 bits per heavy atom. The third kappa shape index (κ3) is 5.51. The number of hydrogen-bond donors (Lipinski definition) is 2. The van der Waals surface area contributed by atoms with E-state index in [2.05, 4.69) is 45.5 Å². The van der Waals surface area contributed by atoms with Gasteiger partial charge in [0.15, 0.2) is 5.96 Å². The molecule has 5 heteroatoms. The molecule has 2 aliphatic heterocycles. The van der Waals surface area contributed by atoms with Crippen LogP contribution in [0.5, 0.6) is 5.75 Å². The molecule has 3 N–H and O–H groups in total. The van der Waals surface area contributed by atoms with E-state index in [1.165, 1.54) is 49.9 Å². The van der Waals surface area contributed by atoms with Crippen molar-refractivity contribution >= 4 is 5.96 Å². The second-order valence-electron chi connectivity index (χ2n) is 8.08. The second kappa shape index (κ2) is 9.79. The van der Waals surface area contributed by atoms with Crippen LogP contribution in [-0.4, -0.2) is 30.6 Å². The molecular formula is C24H32N4O. The summed E-state index contributed by atoms with van der Waals surface area (Å²) in [7, 11) is 0. The summed E-state index contributed by atoms with van der Waals surface area (Å²) in [5.74, 6) is 1.42. The van der Waals surface area contributed by atoms with Gasteiger partial charge in [-0.1, -0.05) is 55.3 Å². The summed E-state index contributed by atoms with van der Waals surface area (Å²) in [6.07, 6.45) is 6.30. The van der Waals surface area contributed by atoms with Crippen LogP contribution in [-0.2, 0) is 13.1 Å². The summed E-state index contributed by atoms with van der Waals surface area (Å²) in [6.45, 7) is 4.79.